The molecule has 1 heterocycles. The maximum absolute atomic E-state index is 13.5. The van der Waals surface area contributed by atoms with Gasteiger partial charge in [-0.2, -0.15) is 0 Å². The van der Waals surface area contributed by atoms with Crippen LogP contribution in [0.1, 0.15) is 28.9 Å². The molecule has 160 valence electrons. The van der Waals surface area contributed by atoms with Gasteiger partial charge in [-0.25, -0.2) is 4.39 Å². The summed E-state index contributed by atoms with van der Waals surface area (Å²) < 4.78 is 13.5. The Balaban J connectivity index is 1.28. The van der Waals surface area contributed by atoms with Gasteiger partial charge in [0.25, 0.3) is 5.91 Å². The highest BCUT2D eigenvalue weighted by Gasteiger charge is 2.25. The molecule has 1 saturated heterocycles. The third kappa shape index (κ3) is 4.91. The molecule has 3 aromatic carbocycles. The number of amides is 2. The van der Waals surface area contributed by atoms with Crippen molar-refractivity contribution in [1.82, 2.24) is 15.1 Å². The summed E-state index contributed by atoms with van der Waals surface area (Å²) in [7, 11) is 0. The molecule has 4 rings (SSSR count). The fraction of sp³-hybridized carbons (Fsp3) is 0.280. The average molecular weight is 420 g/mol. The van der Waals surface area contributed by atoms with E-state index in [1.165, 1.54) is 6.07 Å². The second kappa shape index (κ2) is 9.27. The van der Waals surface area contributed by atoms with Gasteiger partial charge in [-0.15, -0.1) is 0 Å². The Bertz CT molecular complexity index is 1090. The molecule has 0 bridgehead atoms. The first kappa shape index (κ1) is 21.0. The number of benzene rings is 3. The number of hydrogen-bond donors (Lipinski definition) is 1. The molecule has 31 heavy (non-hydrogen) atoms. The van der Waals surface area contributed by atoms with E-state index in [0.29, 0.717) is 31.7 Å². The van der Waals surface area contributed by atoms with Crippen molar-refractivity contribution in [2.24, 2.45) is 0 Å². The molecule has 6 heteroatoms. The van der Waals surface area contributed by atoms with Gasteiger partial charge in [-0.05, 0) is 47.5 Å². The number of nitrogens with one attached hydrogen (secondary N) is 1. The SMILES string of the molecule is CC(c1cccc(F)c1)N1CCN(C(=O)CNC(=O)c2ccc3ccccc3c2)CC1. The molecule has 0 radical (unpaired) electrons. The van der Waals surface area contributed by atoms with E-state index in [0.717, 1.165) is 16.3 Å². The molecule has 0 aromatic heterocycles. The van der Waals surface area contributed by atoms with E-state index >= 15 is 0 Å². The van der Waals surface area contributed by atoms with Crippen molar-refractivity contribution < 1.29 is 14.0 Å². The van der Waals surface area contributed by atoms with Crippen LogP contribution in [0.4, 0.5) is 4.39 Å². The minimum Gasteiger partial charge on any atom is -0.343 e. The largest absolute Gasteiger partial charge is 0.343 e. The number of rotatable bonds is 5. The molecule has 1 aliphatic heterocycles. The Morgan fingerprint density at radius 1 is 0.935 bits per heavy atom. The number of nitrogens with zero attached hydrogens (tertiary/aromatic N) is 2. The average Bonchev–Trinajstić information content (AvgIpc) is 2.81. The third-order valence-electron chi connectivity index (χ3n) is 5.96. The molecule has 1 unspecified atom stereocenters. The van der Waals surface area contributed by atoms with E-state index in [1.54, 1.807) is 23.1 Å². The monoisotopic (exact) mass is 419 g/mol. The zero-order valence-electron chi connectivity index (χ0n) is 17.6. The number of halogens is 1. The van der Waals surface area contributed by atoms with Crippen molar-refractivity contribution >= 4 is 22.6 Å². The van der Waals surface area contributed by atoms with Gasteiger partial charge < -0.3 is 10.2 Å². The fourth-order valence-electron chi connectivity index (χ4n) is 4.04. The Labute approximate surface area is 181 Å². The van der Waals surface area contributed by atoms with Crippen molar-refractivity contribution in [3.05, 3.63) is 83.7 Å². The third-order valence-corrected chi connectivity index (χ3v) is 5.96. The van der Waals surface area contributed by atoms with E-state index in [-0.39, 0.29) is 30.2 Å². The van der Waals surface area contributed by atoms with E-state index in [9.17, 15) is 14.0 Å². The summed E-state index contributed by atoms with van der Waals surface area (Å²) >= 11 is 0. The number of piperazine rings is 1. The zero-order chi connectivity index (χ0) is 21.8. The Morgan fingerprint density at radius 3 is 2.42 bits per heavy atom. The highest BCUT2D eigenvalue weighted by atomic mass is 19.1. The summed E-state index contributed by atoms with van der Waals surface area (Å²) in [6.45, 7) is 4.62. The summed E-state index contributed by atoms with van der Waals surface area (Å²) in [6, 6.07) is 20.1. The lowest BCUT2D eigenvalue weighted by molar-refractivity contribution is -0.132. The van der Waals surface area contributed by atoms with E-state index < -0.39 is 0 Å². The smallest absolute Gasteiger partial charge is 0.251 e. The molecule has 0 spiro atoms. The molecular formula is C25H26FN3O2. The van der Waals surface area contributed by atoms with Gasteiger partial charge in [0, 0.05) is 37.8 Å². The lowest BCUT2D eigenvalue weighted by Crippen LogP contribution is -2.51. The van der Waals surface area contributed by atoms with Crippen LogP contribution in [0.5, 0.6) is 0 Å². The summed E-state index contributed by atoms with van der Waals surface area (Å²) in [5.41, 5.74) is 1.47. The molecule has 1 N–H and O–H groups in total. The molecule has 1 aliphatic rings. The summed E-state index contributed by atoms with van der Waals surface area (Å²) in [5, 5.41) is 4.80. The van der Waals surface area contributed by atoms with Crippen LogP contribution in [-0.4, -0.2) is 54.3 Å². The second-order valence-corrected chi connectivity index (χ2v) is 7.89. The van der Waals surface area contributed by atoms with Gasteiger partial charge in [0.1, 0.15) is 5.82 Å². The maximum Gasteiger partial charge on any atom is 0.251 e. The van der Waals surface area contributed by atoms with Crippen LogP contribution in [0.15, 0.2) is 66.7 Å². The van der Waals surface area contributed by atoms with Crippen LogP contribution < -0.4 is 5.32 Å². The molecule has 3 aromatic rings. The maximum atomic E-state index is 13.5. The van der Waals surface area contributed by atoms with Gasteiger partial charge in [0.15, 0.2) is 0 Å². The summed E-state index contributed by atoms with van der Waals surface area (Å²) in [4.78, 5) is 29.1. The van der Waals surface area contributed by atoms with Crippen molar-refractivity contribution in [2.45, 2.75) is 13.0 Å². The van der Waals surface area contributed by atoms with Crippen LogP contribution in [0.2, 0.25) is 0 Å². The first-order valence-corrected chi connectivity index (χ1v) is 10.6. The highest BCUT2D eigenvalue weighted by Crippen LogP contribution is 2.22. The topological polar surface area (TPSA) is 52.6 Å². The molecular weight excluding hydrogens is 393 g/mol. The van der Waals surface area contributed by atoms with Crippen LogP contribution in [0.25, 0.3) is 10.8 Å². The minimum absolute atomic E-state index is 0.0227. The normalized spacial score (nSPS) is 15.6. The minimum atomic E-state index is -0.252. The molecule has 0 saturated carbocycles. The number of carbonyl (C=O) groups excluding carboxylic acids is 2. The molecule has 1 fully saturated rings. The predicted octanol–water partition coefficient (Wildman–Crippen LogP) is 3.61. The second-order valence-electron chi connectivity index (χ2n) is 7.89. The summed E-state index contributed by atoms with van der Waals surface area (Å²) in [5.74, 6) is -0.579. The Kier molecular flexibility index (Phi) is 6.28. The van der Waals surface area contributed by atoms with E-state index in [2.05, 4.69) is 17.1 Å². The van der Waals surface area contributed by atoms with Gasteiger partial charge >= 0.3 is 0 Å². The van der Waals surface area contributed by atoms with Crippen molar-refractivity contribution in [3.63, 3.8) is 0 Å². The number of fused-ring (bicyclic) bond motifs is 1. The predicted molar refractivity (Wildman–Crippen MR) is 119 cm³/mol. The van der Waals surface area contributed by atoms with E-state index in [1.807, 2.05) is 42.5 Å². The Hall–Kier alpha value is -3.25. The van der Waals surface area contributed by atoms with Crippen LogP contribution in [-0.2, 0) is 4.79 Å². The number of hydrogen-bond acceptors (Lipinski definition) is 3. The van der Waals surface area contributed by atoms with Gasteiger partial charge in [-0.1, -0.05) is 42.5 Å². The molecule has 1 atom stereocenters. The van der Waals surface area contributed by atoms with Crippen molar-refractivity contribution in [2.75, 3.05) is 32.7 Å². The van der Waals surface area contributed by atoms with Crippen molar-refractivity contribution in [1.29, 1.82) is 0 Å². The van der Waals surface area contributed by atoms with Gasteiger partial charge in [0.05, 0.1) is 6.54 Å². The highest BCUT2D eigenvalue weighted by molar-refractivity contribution is 6.00. The van der Waals surface area contributed by atoms with Crippen LogP contribution >= 0.6 is 0 Å². The standard InChI is InChI=1S/C25H26FN3O2/c1-18(20-7-4-8-23(26)16-20)28-11-13-29(14-12-28)24(30)17-27-25(31)22-10-9-19-5-2-3-6-21(19)15-22/h2-10,15-16,18H,11-14,17H2,1H3,(H,27,31). The lowest BCUT2D eigenvalue weighted by Gasteiger charge is -2.38. The van der Waals surface area contributed by atoms with Gasteiger partial charge in [-0.3, -0.25) is 14.5 Å². The fourth-order valence-corrected chi connectivity index (χ4v) is 4.04. The van der Waals surface area contributed by atoms with E-state index in [4.69, 9.17) is 0 Å². The first-order valence-electron chi connectivity index (χ1n) is 10.6. The molecule has 2 amide bonds. The molecule has 5 nitrogen and oxygen atoms in total. The number of carbonyl (C=O) groups is 2. The first-order chi connectivity index (χ1) is 15.0. The zero-order valence-corrected chi connectivity index (χ0v) is 17.6. The van der Waals surface area contributed by atoms with Crippen LogP contribution in [0, 0.1) is 5.82 Å². The quantitative estimate of drug-likeness (QED) is 0.687. The van der Waals surface area contributed by atoms with Crippen molar-refractivity contribution in [3.8, 4) is 0 Å². The van der Waals surface area contributed by atoms with Crippen LogP contribution in [0.3, 0.4) is 0 Å². The lowest BCUT2D eigenvalue weighted by atomic mass is 10.1. The van der Waals surface area contributed by atoms with Gasteiger partial charge in [0.2, 0.25) is 5.91 Å². The molecule has 0 aliphatic carbocycles. The summed E-state index contributed by atoms with van der Waals surface area (Å²) in [6.07, 6.45) is 0. The Morgan fingerprint density at radius 2 is 1.68 bits per heavy atom.